The van der Waals surface area contributed by atoms with Gasteiger partial charge in [-0.05, 0) is 25.0 Å². The lowest BCUT2D eigenvalue weighted by atomic mass is 9.97. The van der Waals surface area contributed by atoms with Crippen LogP contribution in [0.3, 0.4) is 0 Å². The minimum atomic E-state index is -0.0331. The second-order valence-electron chi connectivity index (χ2n) is 7.03. The lowest BCUT2D eigenvalue weighted by molar-refractivity contribution is 0.0930. The Morgan fingerprint density at radius 2 is 1.24 bits per heavy atom. The second kappa shape index (κ2) is 11.0. The summed E-state index contributed by atoms with van der Waals surface area (Å²) < 4.78 is 10.5. The molecule has 0 aliphatic heterocycles. The van der Waals surface area contributed by atoms with Crippen LogP contribution in [0.4, 0.5) is 0 Å². The predicted molar refractivity (Wildman–Crippen MR) is 102 cm³/mol. The van der Waals surface area contributed by atoms with E-state index >= 15 is 0 Å². The minimum Gasteiger partial charge on any atom is -0.497 e. The fourth-order valence-corrected chi connectivity index (χ4v) is 3.51. The Kier molecular flexibility index (Phi) is 8.64. The van der Waals surface area contributed by atoms with E-state index in [0.717, 1.165) is 12.8 Å². The molecule has 0 atom stereocenters. The Hall–Kier alpha value is -1.71. The molecule has 140 valence electrons. The first-order valence-corrected chi connectivity index (χ1v) is 9.77. The molecule has 0 aromatic heterocycles. The number of hydrogen-bond acceptors (Lipinski definition) is 3. The minimum absolute atomic E-state index is 0.0331. The largest absolute Gasteiger partial charge is 0.497 e. The number of carbonyl (C=O) groups excluding carboxylic acids is 1. The van der Waals surface area contributed by atoms with E-state index in [1.807, 2.05) is 0 Å². The maximum atomic E-state index is 12.7. The number of carbonyl (C=O) groups is 1. The van der Waals surface area contributed by atoms with Crippen LogP contribution < -0.4 is 14.8 Å². The summed E-state index contributed by atoms with van der Waals surface area (Å²) in [5.41, 5.74) is 0.599. The summed E-state index contributed by atoms with van der Waals surface area (Å²) >= 11 is 0. The van der Waals surface area contributed by atoms with Gasteiger partial charge in [0.2, 0.25) is 0 Å². The van der Waals surface area contributed by atoms with Crippen LogP contribution in [0.25, 0.3) is 0 Å². The Morgan fingerprint density at radius 1 is 0.800 bits per heavy atom. The van der Waals surface area contributed by atoms with Crippen molar-refractivity contribution in [1.82, 2.24) is 5.32 Å². The zero-order valence-corrected chi connectivity index (χ0v) is 15.8. The van der Waals surface area contributed by atoms with Crippen LogP contribution >= 0.6 is 0 Å². The molecule has 0 unspecified atom stereocenters. The molecule has 1 aromatic carbocycles. The Morgan fingerprint density at radius 3 is 1.68 bits per heavy atom. The van der Waals surface area contributed by atoms with E-state index in [1.165, 1.54) is 57.8 Å². The summed E-state index contributed by atoms with van der Waals surface area (Å²) in [5.74, 6) is 1.25. The van der Waals surface area contributed by atoms with Crippen LogP contribution in [0.15, 0.2) is 18.2 Å². The van der Waals surface area contributed by atoms with Gasteiger partial charge in [-0.3, -0.25) is 4.79 Å². The Labute approximate surface area is 152 Å². The molecule has 25 heavy (non-hydrogen) atoms. The number of ether oxygens (including phenoxy) is 2. The third kappa shape index (κ3) is 6.97. The van der Waals surface area contributed by atoms with Gasteiger partial charge in [-0.15, -0.1) is 0 Å². The maximum Gasteiger partial charge on any atom is 0.251 e. The first-order valence-electron chi connectivity index (χ1n) is 9.77. The van der Waals surface area contributed by atoms with Gasteiger partial charge in [0.25, 0.3) is 5.91 Å². The van der Waals surface area contributed by atoms with Crippen molar-refractivity contribution in [2.75, 3.05) is 14.2 Å². The van der Waals surface area contributed by atoms with Gasteiger partial charge in [0.1, 0.15) is 11.5 Å². The van der Waals surface area contributed by atoms with E-state index in [1.54, 1.807) is 32.4 Å². The molecular formula is C21H33NO3. The molecule has 2 rings (SSSR count). The molecule has 1 aromatic rings. The number of benzene rings is 1. The normalized spacial score (nSPS) is 17.8. The molecule has 4 nitrogen and oxygen atoms in total. The first-order chi connectivity index (χ1) is 12.2. The third-order valence-electron chi connectivity index (χ3n) is 5.05. The highest BCUT2D eigenvalue weighted by molar-refractivity contribution is 5.95. The van der Waals surface area contributed by atoms with Crippen LogP contribution in [0.5, 0.6) is 11.5 Å². The molecule has 4 heteroatoms. The van der Waals surface area contributed by atoms with Gasteiger partial charge in [-0.1, -0.05) is 57.8 Å². The molecule has 1 saturated carbocycles. The molecule has 0 saturated heterocycles. The second-order valence-corrected chi connectivity index (χ2v) is 7.03. The number of nitrogens with one attached hydrogen (secondary N) is 1. The van der Waals surface area contributed by atoms with Crippen molar-refractivity contribution in [2.24, 2.45) is 0 Å². The summed E-state index contributed by atoms with van der Waals surface area (Å²) in [5, 5.41) is 3.24. The molecule has 1 N–H and O–H groups in total. The highest BCUT2D eigenvalue weighted by atomic mass is 16.5. The van der Waals surface area contributed by atoms with Gasteiger partial charge >= 0.3 is 0 Å². The molecule has 1 amide bonds. The van der Waals surface area contributed by atoms with Gasteiger partial charge in [0.15, 0.2) is 0 Å². The molecule has 1 fully saturated rings. The van der Waals surface area contributed by atoms with Crippen molar-refractivity contribution in [2.45, 2.75) is 76.7 Å². The van der Waals surface area contributed by atoms with Crippen molar-refractivity contribution in [3.63, 3.8) is 0 Å². The molecule has 0 radical (unpaired) electrons. The average molecular weight is 347 g/mol. The van der Waals surface area contributed by atoms with Crippen molar-refractivity contribution < 1.29 is 14.3 Å². The van der Waals surface area contributed by atoms with E-state index in [-0.39, 0.29) is 11.9 Å². The van der Waals surface area contributed by atoms with E-state index in [9.17, 15) is 4.79 Å². The quantitative estimate of drug-likeness (QED) is 0.823. The van der Waals surface area contributed by atoms with Crippen LogP contribution in [-0.2, 0) is 0 Å². The standard InChI is InChI=1S/C21H33NO3/c1-24-19-14-17(15-20(16-19)25-2)21(23)22-18-12-10-8-6-4-3-5-7-9-11-13-18/h14-16,18H,3-13H2,1-2H3,(H,22,23). The zero-order chi connectivity index (χ0) is 17.9. The van der Waals surface area contributed by atoms with Gasteiger partial charge in [-0.25, -0.2) is 0 Å². The SMILES string of the molecule is COc1cc(OC)cc(C(=O)NC2CCCCCCCCCCC2)c1. The first kappa shape index (κ1) is 19.6. The number of amides is 1. The van der Waals surface area contributed by atoms with Crippen LogP contribution in [0.1, 0.15) is 81.0 Å². The van der Waals surface area contributed by atoms with Crippen LogP contribution in [0.2, 0.25) is 0 Å². The van der Waals surface area contributed by atoms with Crippen molar-refractivity contribution in [1.29, 1.82) is 0 Å². The lowest BCUT2D eigenvalue weighted by Crippen LogP contribution is -2.35. The summed E-state index contributed by atoms with van der Waals surface area (Å²) in [4.78, 5) is 12.7. The highest BCUT2D eigenvalue weighted by Crippen LogP contribution is 2.23. The summed E-state index contributed by atoms with van der Waals surface area (Å²) in [6.07, 6.45) is 13.9. The van der Waals surface area contributed by atoms with Gasteiger partial charge < -0.3 is 14.8 Å². The third-order valence-corrected chi connectivity index (χ3v) is 5.05. The number of methoxy groups -OCH3 is 2. The molecule has 0 heterocycles. The molecule has 0 bridgehead atoms. The molecule has 1 aliphatic rings. The van der Waals surface area contributed by atoms with E-state index < -0.39 is 0 Å². The number of rotatable bonds is 4. The average Bonchev–Trinajstić information content (AvgIpc) is 2.63. The van der Waals surface area contributed by atoms with Gasteiger partial charge in [0.05, 0.1) is 14.2 Å². The topological polar surface area (TPSA) is 47.6 Å². The summed E-state index contributed by atoms with van der Waals surface area (Å²) in [6, 6.07) is 5.59. The van der Waals surface area contributed by atoms with E-state index in [2.05, 4.69) is 5.32 Å². The molecule has 0 spiro atoms. The lowest BCUT2D eigenvalue weighted by Gasteiger charge is -2.20. The Bertz CT molecular complexity index is 496. The summed E-state index contributed by atoms with van der Waals surface area (Å²) in [6.45, 7) is 0. The number of hydrogen-bond donors (Lipinski definition) is 1. The summed E-state index contributed by atoms with van der Waals surface area (Å²) in [7, 11) is 3.20. The van der Waals surface area contributed by atoms with Crippen LogP contribution in [0, 0.1) is 0 Å². The Balaban J connectivity index is 1.97. The fourth-order valence-electron chi connectivity index (χ4n) is 3.51. The van der Waals surface area contributed by atoms with E-state index in [0.29, 0.717) is 17.1 Å². The van der Waals surface area contributed by atoms with Gasteiger partial charge in [-0.2, -0.15) is 0 Å². The molecule has 1 aliphatic carbocycles. The van der Waals surface area contributed by atoms with E-state index in [4.69, 9.17) is 9.47 Å². The maximum absolute atomic E-state index is 12.7. The van der Waals surface area contributed by atoms with Gasteiger partial charge in [0, 0.05) is 17.7 Å². The van der Waals surface area contributed by atoms with Crippen molar-refractivity contribution in [3.8, 4) is 11.5 Å². The predicted octanol–water partition coefficient (Wildman–Crippen LogP) is 5.11. The smallest absolute Gasteiger partial charge is 0.251 e. The van der Waals surface area contributed by atoms with Crippen LogP contribution in [-0.4, -0.2) is 26.2 Å². The highest BCUT2D eigenvalue weighted by Gasteiger charge is 2.15. The molecular weight excluding hydrogens is 314 g/mol. The van der Waals surface area contributed by atoms with Crippen molar-refractivity contribution in [3.05, 3.63) is 23.8 Å². The monoisotopic (exact) mass is 347 g/mol. The zero-order valence-electron chi connectivity index (χ0n) is 15.8. The fraction of sp³-hybridized carbons (Fsp3) is 0.667. The van der Waals surface area contributed by atoms with Crippen molar-refractivity contribution >= 4 is 5.91 Å².